The molecule has 0 aromatic heterocycles. The Morgan fingerprint density at radius 3 is 2.35 bits per heavy atom. The molecule has 0 heterocycles. The molecular weight excluding hydrogens is 224 g/mol. The highest BCUT2D eigenvalue weighted by Gasteiger charge is 2.26. The SMILES string of the molecule is CCN(CC1CC1)c1c(F)cc(C=O)cc1F. The molecule has 1 aliphatic rings. The summed E-state index contributed by atoms with van der Waals surface area (Å²) in [6.45, 7) is 3.12. The smallest absolute Gasteiger partial charge is 0.150 e. The van der Waals surface area contributed by atoms with Crippen molar-refractivity contribution in [2.75, 3.05) is 18.0 Å². The first-order valence-corrected chi connectivity index (χ1v) is 5.84. The Balaban J connectivity index is 2.31. The molecule has 0 unspecified atom stereocenters. The largest absolute Gasteiger partial charge is 0.367 e. The van der Waals surface area contributed by atoms with E-state index >= 15 is 0 Å². The fourth-order valence-electron chi connectivity index (χ4n) is 1.95. The topological polar surface area (TPSA) is 20.3 Å². The molecule has 0 bridgehead atoms. The van der Waals surface area contributed by atoms with E-state index in [1.54, 1.807) is 4.90 Å². The number of carbonyl (C=O) groups is 1. The average molecular weight is 239 g/mol. The number of aldehydes is 1. The van der Waals surface area contributed by atoms with Crippen molar-refractivity contribution in [2.24, 2.45) is 5.92 Å². The molecule has 1 fully saturated rings. The van der Waals surface area contributed by atoms with Gasteiger partial charge in [-0.3, -0.25) is 4.79 Å². The third-order valence-corrected chi connectivity index (χ3v) is 3.05. The van der Waals surface area contributed by atoms with Gasteiger partial charge in [-0.1, -0.05) is 0 Å². The molecule has 0 amide bonds. The summed E-state index contributed by atoms with van der Waals surface area (Å²) in [7, 11) is 0. The van der Waals surface area contributed by atoms with Gasteiger partial charge < -0.3 is 4.90 Å². The Hall–Kier alpha value is -1.45. The molecule has 0 N–H and O–H groups in total. The molecule has 0 spiro atoms. The van der Waals surface area contributed by atoms with Crippen LogP contribution in [0.2, 0.25) is 0 Å². The Morgan fingerprint density at radius 2 is 1.94 bits per heavy atom. The van der Waals surface area contributed by atoms with Crippen LogP contribution in [0.25, 0.3) is 0 Å². The van der Waals surface area contributed by atoms with Crippen LogP contribution in [-0.2, 0) is 0 Å². The second-order valence-corrected chi connectivity index (χ2v) is 4.43. The quantitative estimate of drug-likeness (QED) is 0.736. The van der Waals surface area contributed by atoms with E-state index in [2.05, 4.69) is 0 Å². The second-order valence-electron chi connectivity index (χ2n) is 4.43. The fourth-order valence-corrected chi connectivity index (χ4v) is 1.95. The summed E-state index contributed by atoms with van der Waals surface area (Å²) in [6.07, 6.45) is 2.71. The minimum Gasteiger partial charge on any atom is -0.367 e. The minimum atomic E-state index is -0.658. The molecule has 0 atom stereocenters. The van der Waals surface area contributed by atoms with E-state index in [-0.39, 0.29) is 11.3 Å². The monoisotopic (exact) mass is 239 g/mol. The maximum atomic E-state index is 13.8. The molecule has 1 aliphatic carbocycles. The van der Waals surface area contributed by atoms with Gasteiger partial charge in [0, 0.05) is 18.7 Å². The van der Waals surface area contributed by atoms with Crippen molar-refractivity contribution in [1.29, 1.82) is 0 Å². The zero-order chi connectivity index (χ0) is 12.4. The van der Waals surface area contributed by atoms with Crippen LogP contribution in [0.4, 0.5) is 14.5 Å². The first-order chi connectivity index (χ1) is 8.15. The van der Waals surface area contributed by atoms with Crippen molar-refractivity contribution < 1.29 is 13.6 Å². The normalized spacial score (nSPS) is 14.8. The molecule has 17 heavy (non-hydrogen) atoms. The number of benzene rings is 1. The van der Waals surface area contributed by atoms with Gasteiger partial charge in [-0.05, 0) is 37.8 Å². The number of hydrogen-bond donors (Lipinski definition) is 0. The summed E-state index contributed by atoms with van der Waals surface area (Å²) in [5.74, 6) is -0.760. The van der Waals surface area contributed by atoms with E-state index in [0.29, 0.717) is 25.3 Å². The maximum absolute atomic E-state index is 13.8. The zero-order valence-electron chi connectivity index (χ0n) is 9.75. The molecular formula is C13H15F2NO. The highest BCUT2D eigenvalue weighted by molar-refractivity contribution is 5.76. The number of nitrogens with zero attached hydrogens (tertiary/aromatic N) is 1. The van der Waals surface area contributed by atoms with Crippen LogP contribution in [0.15, 0.2) is 12.1 Å². The lowest BCUT2D eigenvalue weighted by Gasteiger charge is -2.24. The van der Waals surface area contributed by atoms with E-state index in [1.807, 2.05) is 6.92 Å². The first kappa shape index (κ1) is 12.0. The van der Waals surface area contributed by atoms with Crippen molar-refractivity contribution in [3.63, 3.8) is 0 Å². The Bertz CT molecular complexity index is 406. The molecule has 0 radical (unpaired) electrons. The predicted molar refractivity (Wildman–Crippen MR) is 62.4 cm³/mol. The maximum Gasteiger partial charge on any atom is 0.150 e. The minimum absolute atomic E-state index is 0.00926. The first-order valence-electron chi connectivity index (χ1n) is 5.84. The van der Waals surface area contributed by atoms with E-state index in [9.17, 15) is 13.6 Å². The van der Waals surface area contributed by atoms with Gasteiger partial charge in [-0.2, -0.15) is 0 Å². The van der Waals surface area contributed by atoms with Gasteiger partial charge in [-0.25, -0.2) is 8.78 Å². The lowest BCUT2D eigenvalue weighted by atomic mass is 10.1. The highest BCUT2D eigenvalue weighted by Crippen LogP contribution is 2.33. The van der Waals surface area contributed by atoms with Crippen molar-refractivity contribution in [3.8, 4) is 0 Å². The fraction of sp³-hybridized carbons (Fsp3) is 0.462. The summed E-state index contributed by atoms with van der Waals surface area (Å²) < 4.78 is 27.5. The predicted octanol–water partition coefficient (Wildman–Crippen LogP) is 3.01. The van der Waals surface area contributed by atoms with Crippen molar-refractivity contribution in [3.05, 3.63) is 29.3 Å². The van der Waals surface area contributed by atoms with Gasteiger partial charge in [0.25, 0.3) is 0 Å². The third-order valence-electron chi connectivity index (χ3n) is 3.05. The second kappa shape index (κ2) is 4.82. The van der Waals surface area contributed by atoms with Crippen molar-refractivity contribution >= 4 is 12.0 Å². The van der Waals surface area contributed by atoms with Gasteiger partial charge in [-0.15, -0.1) is 0 Å². The molecule has 4 heteroatoms. The van der Waals surface area contributed by atoms with Gasteiger partial charge in [0.15, 0.2) is 0 Å². The van der Waals surface area contributed by atoms with Crippen LogP contribution >= 0.6 is 0 Å². The van der Waals surface area contributed by atoms with E-state index in [1.165, 1.54) is 0 Å². The number of carbonyl (C=O) groups excluding carboxylic acids is 1. The Labute approximate surface area is 99.2 Å². The Kier molecular flexibility index (Phi) is 3.41. The van der Waals surface area contributed by atoms with Crippen molar-refractivity contribution in [2.45, 2.75) is 19.8 Å². The van der Waals surface area contributed by atoms with Gasteiger partial charge >= 0.3 is 0 Å². The van der Waals surface area contributed by atoms with E-state index in [4.69, 9.17) is 0 Å². The van der Waals surface area contributed by atoms with Crippen LogP contribution in [0, 0.1) is 17.6 Å². The van der Waals surface area contributed by atoms with Gasteiger partial charge in [0.2, 0.25) is 0 Å². The molecule has 0 saturated heterocycles. The standard InChI is InChI=1S/C13H15F2NO/c1-2-16(7-9-3-4-9)13-11(14)5-10(8-17)6-12(13)15/h5-6,8-9H,2-4,7H2,1H3. The van der Waals surface area contributed by atoms with Crippen LogP contribution in [0.1, 0.15) is 30.1 Å². The summed E-state index contributed by atoms with van der Waals surface area (Å²) in [5, 5.41) is 0. The molecule has 1 aromatic rings. The summed E-state index contributed by atoms with van der Waals surface area (Å²) in [6, 6.07) is 2.17. The van der Waals surface area contributed by atoms with Gasteiger partial charge in [0.1, 0.15) is 23.6 Å². The van der Waals surface area contributed by atoms with E-state index < -0.39 is 11.6 Å². The summed E-state index contributed by atoms with van der Waals surface area (Å²) in [5.41, 5.74) is 0.0243. The zero-order valence-corrected chi connectivity index (χ0v) is 9.75. The summed E-state index contributed by atoms with van der Waals surface area (Å²) >= 11 is 0. The number of hydrogen-bond acceptors (Lipinski definition) is 2. The summed E-state index contributed by atoms with van der Waals surface area (Å²) in [4.78, 5) is 12.2. The van der Waals surface area contributed by atoms with Crippen molar-refractivity contribution in [1.82, 2.24) is 0 Å². The number of anilines is 1. The molecule has 92 valence electrons. The molecule has 0 aliphatic heterocycles. The molecule has 2 nitrogen and oxygen atoms in total. The third kappa shape index (κ3) is 2.62. The van der Waals surface area contributed by atoms with Gasteiger partial charge in [0.05, 0.1) is 0 Å². The molecule has 2 rings (SSSR count). The van der Waals surface area contributed by atoms with Crippen LogP contribution < -0.4 is 4.90 Å². The van der Waals surface area contributed by atoms with Crippen LogP contribution in [0.5, 0.6) is 0 Å². The van der Waals surface area contributed by atoms with Crippen LogP contribution in [0.3, 0.4) is 0 Å². The van der Waals surface area contributed by atoms with E-state index in [0.717, 1.165) is 25.0 Å². The Morgan fingerprint density at radius 1 is 1.35 bits per heavy atom. The molecule has 1 saturated carbocycles. The lowest BCUT2D eigenvalue weighted by Crippen LogP contribution is -2.27. The lowest BCUT2D eigenvalue weighted by molar-refractivity contribution is 0.112. The average Bonchev–Trinajstić information content (AvgIpc) is 3.10. The molecule has 1 aromatic carbocycles. The van der Waals surface area contributed by atoms with Crippen LogP contribution in [-0.4, -0.2) is 19.4 Å². The number of rotatable bonds is 5. The number of halogens is 2. The highest BCUT2D eigenvalue weighted by atomic mass is 19.1.